The van der Waals surface area contributed by atoms with Crippen molar-refractivity contribution in [3.8, 4) is 22.9 Å². The van der Waals surface area contributed by atoms with Crippen LogP contribution in [0.25, 0.3) is 22.3 Å². The Balaban J connectivity index is 1.59. The van der Waals surface area contributed by atoms with E-state index in [1.54, 1.807) is 36.6 Å². The molecule has 0 saturated carbocycles. The fraction of sp³-hybridized carbons (Fsp3) is 0.217. The van der Waals surface area contributed by atoms with Crippen molar-refractivity contribution in [2.45, 2.75) is 23.9 Å². The molecule has 0 bridgehead atoms. The summed E-state index contributed by atoms with van der Waals surface area (Å²) < 4.78 is 29.6. The number of nitrogens with zero attached hydrogens (tertiary/aromatic N) is 4. The van der Waals surface area contributed by atoms with Crippen LogP contribution in [-0.4, -0.2) is 52.5 Å². The van der Waals surface area contributed by atoms with Gasteiger partial charge >= 0.3 is 0 Å². The third-order valence-electron chi connectivity index (χ3n) is 5.76. The summed E-state index contributed by atoms with van der Waals surface area (Å²) in [6, 6.07) is 8.71. The fourth-order valence-electron chi connectivity index (χ4n) is 4.04. The highest BCUT2D eigenvalue weighted by molar-refractivity contribution is 7.90. The van der Waals surface area contributed by atoms with Crippen molar-refractivity contribution < 1.29 is 17.9 Å². The van der Waals surface area contributed by atoms with Gasteiger partial charge in [-0.1, -0.05) is 0 Å². The van der Waals surface area contributed by atoms with E-state index in [9.17, 15) is 13.2 Å². The molecule has 1 aliphatic heterocycles. The first kappa shape index (κ1) is 21.1. The van der Waals surface area contributed by atoms with Gasteiger partial charge in [0.1, 0.15) is 17.2 Å². The smallest absolute Gasteiger partial charge is 0.222 e. The lowest BCUT2D eigenvalue weighted by Crippen LogP contribution is -2.22. The standard InChI is InChI=1S/C23H21N5O4S/c1-28-20(4-6-23(28)29)16-11-17-14(9-18(27-17)19-13-24-7-8-25-19)10-21(16)32-15-3-5-22(26-12-15)33(2,30)31/h3,5,7-13,20,27H,4,6H2,1-2H3. The summed E-state index contributed by atoms with van der Waals surface area (Å²) in [4.78, 5) is 29.8. The average Bonchev–Trinajstić information content (AvgIpc) is 3.36. The minimum Gasteiger partial charge on any atom is -0.455 e. The molecule has 1 saturated heterocycles. The largest absolute Gasteiger partial charge is 0.455 e. The van der Waals surface area contributed by atoms with E-state index in [0.717, 1.165) is 28.4 Å². The van der Waals surface area contributed by atoms with Crippen LogP contribution in [0.4, 0.5) is 0 Å². The molecular formula is C23H21N5O4S. The summed E-state index contributed by atoms with van der Waals surface area (Å²) in [6.45, 7) is 0. The normalized spacial score (nSPS) is 16.5. The number of fused-ring (bicyclic) bond motifs is 1. The zero-order valence-corrected chi connectivity index (χ0v) is 18.8. The molecule has 1 aromatic carbocycles. The summed E-state index contributed by atoms with van der Waals surface area (Å²) in [5.74, 6) is 1.06. The van der Waals surface area contributed by atoms with Gasteiger partial charge in [0.05, 0.1) is 24.1 Å². The number of amides is 1. The summed E-state index contributed by atoms with van der Waals surface area (Å²) in [6.07, 6.45) is 8.57. The van der Waals surface area contributed by atoms with E-state index in [0.29, 0.717) is 30.0 Å². The third-order valence-corrected chi connectivity index (χ3v) is 6.76. The lowest BCUT2D eigenvalue weighted by molar-refractivity contribution is -0.127. The molecule has 1 N–H and O–H groups in total. The highest BCUT2D eigenvalue weighted by Gasteiger charge is 2.31. The van der Waals surface area contributed by atoms with Gasteiger partial charge in [0.25, 0.3) is 0 Å². The van der Waals surface area contributed by atoms with Gasteiger partial charge in [-0.3, -0.25) is 14.8 Å². The number of nitrogens with one attached hydrogen (secondary N) is 1. The number of carbonyl (C=O) groups excluding carboxylic acids is 1. The number of sulfone groups is 1. The third kappa shape index (κ3) is 4.05. The second-order valence-corrected chi connectivity index (χ2v) is 9.98. The number of hydrogen-bond donors (Lipinski definition) is 1. The second kappa shape index (κ2) is 7.96. The number of H-pyrrole nitrogens is 1. The molecule has 10 heteroatoms. The Bertz CT molecular complexity index is 1450. The first-order chi connectivity index (χ1) is 15.8. The lowest BCUT2D eigenvalue weighted by Gasteiger charge is -2.23. The second-order valence-electron chi connectivity index (χ2n) is 8.02. The van der Waals surface area contributed by atoms with E-state index in [1.165, 1.54) is 12.3 Å². The van der Waals surface area contributed by atoms with Crippen LogP contribution in [0.1, 0.15) is 24.4 Å². The quantitative estimate of drug-likeness (QED) is 0.481. The molecule has 5 rings (SSSR count). The van der Waals surface area contributed by atoms with Gasteiger partial charge in [0.2, 0.25) is 5.91 Å². The fourth-order valence-corrected chi connectivity index (χ4v) is 4.60. The highest BCUT2D eigenvalue weighted by atomic mass is 32.2. The van der Waals surface area contributed by atoms with Crippen LogP contribution in [0, 0.1) is 0 Å². The first-order valence-electron chi connectivity index (χ1n) is 10.3. The van der Waals surface area contributed by atoms with Gasteiger partial charge < -0.3 is 14.6 Å². The Labute approximate surface area is 190 Å². The van der Waals surface area contributed by atoms with Gasteiger partial charge in [0, 0.05) is 48.6 Å². The number of ether oxygens (including phenoxy) is 1. The molecule has 1 unspecified atom stereocenters. The van der Waals surface area contributed by atoms with E-state index >= 15 is 0 Å². The minimum absolute atomic E-state index is 0.0223. The molecule has 33 heavy (non-hydrogen) atoms. The van der Waals surface area contributed by atoms with Crippen molar-refractivity contribution in [3.63, 3.8) is 0 Å². The van der Waals surface area contributed by atoms with E-state index in [1.807, 2.05) is 18.2 Å². The Hall–Kier alpha value is -3.79. The molecule has 1 amide bonds. The molecule has 3 aromatic heterocycles. The number of likely N-dealkylation sites (tertiary alicyclic amines) is 1. The van der Waals surface area contributed by atoms with Crippen LogP contribution in [0.15, 0.2) is 60.1 Å². The van der Waals surface area contributed by atoms with Crippen LogP contribution >= 0.6 is 0 Å². The maximum Gasteiger partial charge on any atom is 0.222 e. The maximum atomic E-state index is 12.2. The Morgan fingerprint density at radius 1 is 1.12 bits per heavy atom. The number of benzene rings is 1. The van der Waals surface area contributed by atoms with Gasteiger partial charge in [0.15, 0.2) is 14.9 Å². The summed E-state index contributed by atoms with van der Waals surface area (Å²) in [7, 11) is -1.62. The van der Waals surface area contributed by atoms with Crippen LogP contribution < -0.4 is 4.74 Å². The van der Waals surface area contributed by atoms with Crippen molar-refractivity contribution in [3.05, 3.63) is 60.7 Å². The monoisotopic (exact) mass is 463 g/mol. The number of pyridine rings is 1. The maximum absolute atomic E-state index is 12.2. The van der Waals surface area contributed by atoms with Crippen molar-refractivity contribution in [1.82, 2.24) is 24.8 Å². The zero-order valence-electron chi connectivity index (χ0n) is 18.0. The van der Waals surface area contributed by atoms with Crippen molar-refractivity contribution >= 4 is 26.6 Å². The Kier molecular flexibility index (Phi) is 5.09. The minimum atomic E-state index is -3.41. The molecule has 0 aliphatic carbocycles. The van der Waals surface area contributed by atoms with Gasteiger partial charge in [-0.2, -0.15) is 0 Å². The average molecular weight is 464 g/mol. The predicted octanol–water partition coefficient (Wildman–Crippen LogP) is 3.51. The van der Waals surface area contributed by atoms with Gasteiger partial charge in [-0.15, -0.1) is 0 Å². The molecule has 1 atom stereocenters. The summed E-state index contributed by atoms with van der Waals surface area (Å²) in [5, 5.41) is 0.882. The molecule has 1 aliphatic rings. The van der Waals surface area contributed by atoms with E-state index < -0.39 is 9.84 Å². The number of carbonyl (C=O) groups is 1. The molecule has 4 aromatic rings. The number of aromatic amines is 1. The Morgan fingerprint density at radius 2 is 1.97 bits per heavy atom. The summed E-state index contributed by atoms with van der Waals surface area (Å²) in [5.41, 5.74) is 3.27. The van der Waals surface area contributed by atoms with Crippen LogP contribution in [-0.2, 0) is 14.6 Å². The van der Waals surface area contributed by atoms with E-state index in [4.69, 9.17) is 4.74 Å². The number of aromatic nitrogens is 4. The molecule has 4 heterocycles. The van der Waals surface area contributed by atoms with Crippen molar-refractivity contribution in [1.29, 1.82) is 0 Å². The molecule has 0 radical (unpaired) electrons. The van der Waals surface area contributed by atoms with Crippen molar-refractivity contribution in [2.24, 2.45) is 0 Å². The zero-order chi connectivity index (χ0) is 23.2. The summed E-state index contributed by atoms with van der Waals surface area (Å²) >= 11 is 0. The topological polar surface area (TPSA) is 118 Å². The van der Waals surface area contributed by atoms with Gasteiger partial charge in [-0.25, -0.2) is 13.4 Å². The Morgan fingerprint density at radius 3 is 2.61 bits per heavy atom. The molecular weight excluding hydrogens is 442 g/mol. The molecule has 9 nitrogen and oxygen atoms in total. The number of hydrogen-bond acceptors (Lipinski definition) is 7. The highest BCUT2D eigenvalue weighted by Crippen LogP contribution is 2.41. The van der Waals surface area contributed by atoms with Crippen LogP contribution in [0.5, 0.6) is 11.5 Å². The lowest BCUT2D eigenvalue weighted by atomic mass is 10.0. The molecule has 1 fully saturated rings. The number of rotatable bonds is 5. The van der Waals surface area contributed by atoms with E-state index in [2.05, 4.69) is 19.9 Å². The van der Waals surface area contributed by atoms with Gasteiger partial charge in [-0.05, 0) is 36.8 Å². The molecule has 168 valence electrons. The van der Waals surface area contributed by atoms with Crippen LogP contribution in [0.2, 0.25) is 0 Å². The SMILES string of the molecule is CN1C(=O)CCC1c1cc2[nH]c(-c3cnccn3)cc2cc1Oc1ccc(S(C)(=O)=O)nc1. The van der Waals surface area contributed by atoms with Crippen LogP contribution in [0.3, 0.4) is 0 Å². The van der Waals surface area contributed by atoms with Crippen molar-refractivity contribution in [2.75, 3.05) is 13.3 Å². The van der Waals surface area contributed by atoms with E-state index in [-0.39, 0.29) is 17.0 Å². The predicted molar refractivity (Wildman–Crippen MR) is 121 cm³/mol. The molecule has 0 spiro atoms. The first-order valence-corrected chi connectivity index (χ1v) is 12.2.